The van der Waals surface area contributed by atoms with E-state index < -0.39 is 0 Å². The van der Waals surface area contributed by atoms with Gasteiger partial charge in [0, 0.05) is 36.1 Å². The van der Waals surface area contributed by atoms with Crippen molar-refractivity contribution >= 4 is 23.5 Å². The molecule has 3 rings (SSSR count). The molecule has 1 aliphatic heterocycles. The molecule has 1 saturated heterocycles. The standard InChI is InChI=1S/C17H21ClN6O2/c1-2-19-17(22-13-7-8-14(25)20-9-13)21-10-15-23-16(24-26-15)11-3-5-12(18)6-4-11/h3-6,13H,2,7-10H2,1H3,(H,20,25)(H2,19,21,22). The molecular formula is C17H21ClN6O2. The molecular weight excluding hydrogens is 356 g/mol. The lowest BCUT2D eigenvalue weighted by Crippen LogP contribution is -2.51. The van der Waals surface area contributed by atoms with E-state index in [0.29, 0.717) is 35.7 Å². The van der Waals surface area contributed by atoms with Crippen LogP contribution in [0.3, 0.4) is 0 Å². The number of guanidine groups is 1. The van der Waals surface area contributed by atoms with Crippen molar-refractivity contribution in [1.82, 2.24) is 26.1 Å². The first-order valence-electron chi connectivity index (χ1n) is 8.54. The molecule has 26 heavy (non-hydrogen) atoms. The zero-order chi connectivity index (χ0) is 18.4. The van der Waals surface area contributed by atoms with E-state index in [9.17, 15) is 4.79 Å². The fourth-order valence-electron chi connectivity index (χ4n) is 2.55. The fraction of sp³-hybridized carbons (Fsp3) is 0.412. The number of aliphatic imine (C=N–C) groups is 1. The quantitative estimate of drug-likeness (QED) is 0.542. The normalized spacial score (nSPS) is 17.7. The molecule has 9 heteroatoms. The second-order valence-electron chi connectivity index (χ2n) is 5.90. The third-order valence-electron chi connectivity index (χ3n) is 3.89. The Morgan fingerprint density at radius 1 is 1.42 bits per heavy atom. The van der Waals surface area contributed by atoms with E-state index in [1.807, 2.05) is 19.1 Å². The molecule has 0 bridgehead atoms. The summed E-state index contributed by atoms with van der Waals surface area (Å²) in [5.41, 5.74) is 0.830. The molecule has 1 atom stereocenters. The van der Waals surface area contributed by atoms with Crippen LogP contribution in [0.25, 0.3) is 11.4 Å². The van der Waals surface area contributed by atoms with E-state index in [-0.39, 0.29) is 18.5 Å². The Kier molecular flexibility index (Phi) is 6.06. The van der Waals surface area contributed by atoms with Crippen molar-refractivity contribution in [2.75, 3.05) is 13.1 Å². The van der Waals surface area contributed by atoms with E-state index >= 15 is 0 Å². The average Bonchev–Trinajstić information content (AvgIpc) is 3.11. The van der Waals surface area contributed by atoms with E-state index in [0.717, 1.165) is 18.5 Å². The third-order valence-corrected chi connectivity index (χ3v) is 4.15. The molecule has 0 spiro atoms. The van der Waals surface area contributed by atoms with Crippen LogP contribution in [0.1, 0.15) is 25.7 Å². The summed E-state index contributed by atoms with van der Waals surface area (Å²) in [6.07, 6.45) is 1.29. The van der Waals surface area contributed by atoms with Gasteiger partial charge in [-0.1, -0.05) is 16.8 Å². The van der Waals surface area contributed by atoms with E-state index in [1.54, 1.807) is 12.1 Å². The Morgan fingerprint density at radius 2 is 2.23 bits per heavy atom. The van der Waals surface area contributed by atoms with Crippen LogP contribution in [0.5, 0.6) is 0 Å². The molecule has 1 aliphatic rings. The number of nitrogens with one attached hydrogen (secondary N) is 3. The topological polar surface area (TPSA) is 104 Å². The third kappa shape index (κ3) is 4.95. The van der Waals surface area contributed by atoms with Crippen LogP contribution in [-0.2, 0) is 11.3 Å². The summed E-state index contributed by atoms with van der Waals surface area (Å²) in [6.45, 7) is 3.56. The first kappa shape index (κ1) is 18.2. The molecule has 0 aliphatic carbocycles. The number of benzene rings is 1. The molecule has 2 aromatic rings. The SMILES string of the molecule is CCNC(=NCc1nc(-c2ccc(Cl)cc2)no1)NC1CCC(=O)NC1. The zero-order valence-corrected chi connectivity index (χ0v) is 15.2. The van der Waals surface area contributed by atoms with Gasteiger partial charge in [-0.3, -0.25) is 4.79 Å². The van der Waals surface area contributed by atoms with Crippen molar-refractivity contribution in [3.63, 3.8) is 0 Å². The first-order chi connectivity index (χ1) is 12.6. The molecule has 1 fully saturated rings. The molecule has 3 N–H and O–H groups in total. The van der Waals surface area contributed by atoms with Crippen molar-refractivity contribution < 1.29 is 9.32 Å². The van der Waals surface area contributed by atoms with Gasteiger partial charge in [0.15, 0.2) is 5.96 Å². The van der Waals surface area contributed by atoms with Gasteiger partial charge in [-0.05, 0) is 37.6 Å². The van der Waals surface area contributed by atoms with Crippen LogP contribution >= 0.6 is 11.6 Å². The van der Waals surface area contributed by atoms with Gasteiger partial charge in [0.25, 0.3) is 0 Å². The monoisotopic (exact) mass is 376 g/mol. The van der Waals surface area contributed by atoms with Crippen molar-refractivity contribution in [3.8, 4) is 11.4 Å². The van der Waals surface area contributed by atoms with Gasteiger partial charge >= 0.3 is 0 Å². The lowest BCUT2D eigenvalue weighted by Gasteiger charge is -2.25. The lowest BCUT2D eigenvalue weighted by atomic mass is 10.1. The van der Waals surface area contributed by atoms with E-state index in [2.05, 4.69) is 31.1 Å². The maximum atomic E-state index is 11.2. The number of aromatic nitrogens is 2. The molecule has 138 valence electrons. The maximum Gasteiger partial charge on any atom is 0.248 e. The average molecular weight is 377 g/mol. The molecule has 0 saturated carbocycles. The second kappa shape index (κ2) is 8.66. The number of piperidine rings is 1. The molecule has 1 aromatic carbocycles. The van der Waals surface area contributed by atoms with Crippen LogP contribution in [0, 0.1) is 0 Å². The number of amides is 1. The number of halogens is 1. The lowest BCUT2D eigenvalue weighted by molar-refractivity contribution is -0.122. The van der Waals surface area contributed by atoms with E-state index in [4.69, 9.17) is 16.1 Å². The summed E-state index contributed by atoms with van der Waals surface area (Å²) in [5, 5.41) is 14.0. The predicted molar refractivity (Wildman–Crippen MR) is 98.7 cm³/mol. The molecule has 1 amide bonds. The van der Waals surface area contributed by atoms with Crippen LogP contribution in [-0.4, -0.2) is 41.1 Å². The maximum absolute atomic E-state index is 11.2. The summed E-state index contributed by atoms with van der Waals surface area (Å²) >= 11 is 5.89. The summed E-state index contributed by atoms with van der Waals surface area (Å²) in [6, 6.07) is 7.38. The van der Waals surface area contributed by atoms with Gasteiger partial charge in [-0.15, -0.1) is 0 Å². The van der Waals surface area contributed by atoms with Gasteiger partial charge in [-0.2, -0.15) is 4.98 Å². The highest BCUT2D eigenvalue weighted by atomic mass is 35.5. The fourth-order valence-corrected chi connectivity index (χ4v) is 2.68. The smallest absolute Gasteiger partial charge is 0.248 e. The highest BCUT2D eigenvalue weighted by Crippen LogP contribution is 2.18. The summed E-state index contributed by atoms with van der Waals surface area (Å²) in [7, 11) is 0. The van der Waals surface area contributed by atoms with Gasteiger partial charge in [-0.25, -0.2) is 4.99 Å². The first-order valence-corrected chi connectivity index (χ1v) is 8.92. The number of rotatable bonds is 5. The second-order valence-corrected chi connectivity index (χ2v) is 6.33. The van der Waals surface area contributed by atoms with Crippen molar-refractivity contribution in [2.24, 2.45) is 4.99 Å². The van der Waals surface area contributed by atoms with Gasteiger partial charge in [0.05, 0.1) is 0 Å². The predicted octanol–water partition coefficient (Wildman–Crippen LogP) is 1.72. The summed E-state index contributed by atoms with van der Waals surface area (Å²) in [4.78, 5) is 20.1. The zero-order valence-electron chi connectivity index (χ0n) is 14.5. The Morgan fingerprint density at radius 3 is 2.92 bits per heavy atom. The van der Waals surface area contributed by atoms with Crippen LogP contribution < -0.4 is 16.0 Å². The summed E-state index contributed by atoms with van der Waals surface area (Å²) in [5.74, 6) is 1.66. The molecule has 2 heterocycles. The molecule has 0 radical (unpaired) electrons. The van der Waals surface area contributed by atoms with Crippen molar-refractivity contribution in [3.05, 3.63) is 35.2 Å². The van der Waals surface area contributed by atoms with Crippen molar-refractivity contribution in [1.29, 1.82) is 0 Å². The van der Waals surface area contributed by atoms with Gasteiger partial charge < -0.3 is 20.5 Å². The molecule has 1 aromatic heterocycles. The van der Waals surface area contributed by atoms with Crippen LogP contribution in [0.15, 0.2) is 33.8 Å². The number of hydrogen-bond acceptors (Lipinski definition) is 5. The number of hydrogen-bond donors (Lipinski definition) is 3. The Bertz CT molecular complexity index is 764. The Labute approximate surface area is 156 Å². The highest BCUT2D eigenvalue weighted by Gasteiger charge is 2.18. The van der Waals surface area contributed by atoms with Gasteiger partial charge in [0.2, 0.25) is 17.6 Å². The Balaban J connectivity index is 1.62. The molecule has 1 unspecified atom stereocenters. The largest absolute Gasteiger partial charge is 0.357 e. The van der Waals surface area contributed by atoms with Crippen LogP contribution in [0.4, 0.5) is 0 Å². The van der Waals surface area contributed by atoms with Gasteiger partial charge in [0.1, 0.15) is 6.54 Å². The van der Waals surface area contributed by atoms with E-state index in [1.165, 1.54) is 0 Å². The number of carbonyl (C=O) groups excluding carboxylic acids is 1. The minimum absolute atomic E-state index is 0.0885. The minimum Gasteiger partial charge on any atom is -0.357 e. The minimum atomic E-state index is 0.0885. The number of carbonyl (C=O) groups is 1. The Hall–Kier alpha value is -2.61. The number of nitrogens with zero attached hydrogens (tertiary/aromatic N) is 3. The van der Waals surface area contributed by atoms with Crippen LogP contribution in [0.2, 0.25) is 5.02 Å². The highest BCUT2D eigenvalue weighted by molar-refractivity contribution is 6.30. The summed E-state index contributed by atoms with van der Waals surface area (Å²) < 4.78 is 5.27. The molecule has 8 nitrogen and oxygen atoms in total. The van der Waals surface area contributed by atoms with Crippen molar-refractivity contribution in [2.45, 2.75) is 32.4 Å².